The summed E-state index contributed by atoms with van der Waals surface area (Å²) < 4.78 is 0. The molecule has 0 aromatic heterocycles. The van der Waals surface area contributed by atoms with Crippen LogP contribution in [0, 0.1) is 11.8 Å². The van der Waals surface area contributed by atoms with Crippen molar-refractivity contribution in [3.63, 3.8) is 0 Å². The van der Waals surface area contributed by atoms with Crippen LogP contribution in [0.4, 0.5) is 0 Å². The molecule has 2 atom stereocenters. The topological polar surface area (TPSA) is 20.2 Å². The lowest BCUT2D eigenvalue weighted by Gasteiger charge is -2.05. The number of fused-ring (bicyclic) bond motifs is 2. The molecule has 0 aromatic carbocycles. The number of rotatable bonds is 1. The molecule has 0 spiro atoms. The summed E-state index contributed by atoms with van der Waals surface area (Å²) in [5.41, 5.74) is 1.45. The van der Waals surface area contributed by atoms with Crippen molar-refractivity contribution in [1.82, 2.24) is 0 Å². The first kappa shape index (κ1) is 6.17. The van der Waals surface area contributed by atoms with Gasteiger partial charge in [-0.1, -0.05) is 23.8 Å². The molecule has 0 radical (unpaired) electrons. The number of aliphatic hydroxyl groups is 1. The second kappa shape index (κ2) is 2.24. The van der Waals surface area contributed by atoms with E-state index in [4.69, 9.17) is 5.11 Å². The van der Waals surface area contributed by atoms with Gasteiger partial charge in [0.25, 0.3) is 0 Å². The Morgan fingerprint density at radius 3 is 3.00 bits per heavy atom. The summed E-state index contributed by atoms with van der Waals surface area (Å²) >= 11 is 0. The van der Waals surface area contributed by atoms with Crippen LogP contribution in [0.15, 0.2) is 23.8 Å². The average Bonchev–Trinajstić information content (AvgIpc) is 2.48. The van der Waals surface area contributed by atoms with Crippen molar-refractivity contribution in [2.45, 2.75) is 12.8 Å². The summed E-state index contributed by atoms with van der Waals surface area (Å²) in [6.07, 6.45) is 9.04. The molecular formula is C9H12O. The van der Waals surface area contributed by atoms with Crippen LogP contribution < -0.4 is 0 Å². The molecule has 0 saturated heterocycles. The fourth-order valence-electron chi connectivity index (χ4n) is 2.01. The van der Waals surface area contributed by atoms with Gasteiger partial charge >= 0.3 is 0 Å². The van der Waals surface area contributed by atoms with Gasteiger partial charge in [-0.25, -0.2) is 0 Å². The van der Waals surface area contributed by atoms with E-state index in [0.29, 0.717) is 5.92 Å². The number of aliphatic hydroxyl groups excluding tert-OH is 1. The molecule has 1 nitrogen and oxygen atoms in total. The summed E-state index contributed by atoms with van der Waals surface area (Å²) in [6, 6.07) is 0. The van der Waals surface area contributed by atoms with Gasteiger partial charge in [0.15, 0.2) is 0 Å². The molecule has 2 aliphatic rings. The molecule has 0 aromatic rings. The number of hydrogen-bond donors (Lipinski definition) is 1. The Bertz CT molecular complexity index is 191. The molecule has 0 amide bonds. The predicted octanol–water partition coefficient (Wildman–Crippen LogP) is 1.50. The van der Waals surface area contributed by atoms with Gasteiger partial charge in [-0.15, -0.1) is 0 Å². The molecule has 1 N–H and O–H groups in total. The quantitative estimate of drug-likeness (QED) is 0.542. The molecular weight excluding hydrogens is 124 g/mol. The van der Waals surface area contributed by atoms with E-state index in [9.17, 15) is 0 Å². The molecule has 0 heterocycles. The minimum absolute atomic E-state index is 0.215. The lowest BCUT2D eigenvalue weighted by atomic mass is 10.0. The Hall–Kier alpha value is -0.560. The fourth-order valence-corrected chi connectivity index (χ4v) is 2.01. The van der Waals surface area contributed by atoms with Crippen LogP contribution in [0.5, 0.6) is 0 Å². The van der Waals surface area contributed by atoms with E-state index < -0.39 is 0 Å². The van der Waals surface area contributed by atoms with E-state index in [0.717, 1.165) is 5.92 Å². The highest BCUT2D eigenvalue weighted by molar-refractivity contribution is 5.26. The Morgan fingerprint density at radius 2 is 2.50 bits per heavy atom. The standard InChI is InChI=1S/C9H12O/c10-4-3-9-6-7-1-2-8(9)5-7/h1-3,7-8,10H,4-6H2. The van der Waals surface area contributed by atoms with Gasteiger partial charge in [0.05, 0.1) is 6.61 Å². The highest BCUT2D eigenvalue weighted by atomic mass is 16.2. The molecule has 1 heteroatoms. The molecule has 54 valence electrons. The van der Waals surface area contributed by atoms with Gasteiger partial charge < -0.3 is 5.11 Å². The summed E-state index contributed by atoms with van der Waals surface area (Å²) in [7, 11) is 0. The Balaban J connectivity index is 2.16. The van der Waals surface area contributed by atoms with Crippen molar-refractivity contribution in [1.29, 1.82) is 0 Å². The first-order valence-electron chi connectivity index (χ1n) is 3.88. The van der Waals surface area contributed by atoms with E-state index in [1.807, 2.05) is 6.08 Å². The molecule has 2 unspecified atom stereocenters. The first-order valence-corrected chi connectivity index (χ1v) is 3.88. The minimum Gasteiger partial charge on any atom is -0.392 e. The second-order valence-corrected chi connectivity index (χ2v) is 3.15. The van der Waals surface area contributed by atoms with Crippen molar-refractivity contribution in [3.05, 3.63) is 23.8 Å². The van der Waals surface area contributed by atoms with E-state index >= 15 is 0 Å². The van der Waals surface area contributed by atoms with Crippen molar-refractivity contribution in [2.24, 2.45) is 11.8 Å². The van der Waals surface area contributed by atoms with E-state index in [-0.39, 0.29) is 6.61 Å². The minimum atomic E-state index is 0.215. The molecule has 10 heavy (non-hydrogen) atoms. The molecule has 2 bridgehead atoms. The maximum absolute atomic E-state index is 8.65. The van der Waals surface area contributed by atoms with Gasteiger partial charge in [0.1, 0.15) is 0 Å². The molecule has 2 rings (SSSR count). The van der Waals surface area contributed by atoms with Crippen molar-refractivity contribution in [3.8, 4) is 0 Å². The van der Waals surface area contributed by atoms with Crippen molar-refractivity contribution < 1.29 is 5.11 Å². The van der Waals surface area contributed by atoms with Gasteiger partial charge in [0, 0.05) is 0 Å². The smallest absolute Gasteiger partial charge is 0.0615 e. The normalized spacial score (nSPS) is 39.9. The van der Waals surface area contributed by atoms with Crippen molar-refractivity contribution >= 4 is 0 Å². The van der Waals surface area contributed by atoms with E-state index in [2.05, 4.69) is 12.2 Å². The monoisotopic (exact) mass is 136 g/mol. The third kappa shape index (κ3) is 0.816. The fraction of sp³-hybridized carbons (Fsp3) is 0.556. The maximum atomic E-state index is 8.65. The number of hydrogen-bond acceptors (Lipinski definition) is 1. The predicted molar refractivity (Wildman–Crippen MR) is 40.5 cm³/mol. The van der Waals surface area contributed by atoms with Crippen molar-refractivity contribution in [2.75, 3.05) is 6.61 Å². The van der Waals surface area contributed by atoms with E-state index in [1.165, 1.54) is 18.4 Å². The van der Waals surface area contributed by atoms with Gasteiger partial charge in [-0.2, -0.15) is 0 Å². The Morgan fingerprint density at radius 1 is 1.60 bits per heavy atom. The van der Waals surface area contributed by atoms with Crippen LogP contribution in [-0.4, -0.2) is 11.7 Å². The second-order valence-electron chi connectivity index (χ2n) is 3.15. The van der Waals surface area contributed by atoms with Crippen LogP contribution in [0.25, 0.3) is 0 Å². The third-order valence-corrected chi connectivity index (χ3v) is 2.50. The summed E-state index contributed by atoms with van der Waals surface area (Å²) in [6.45, 7) is 0.215. The molecule has 2 aliphatic carbocycles. The van der Waals surface area contributed by atoms with Gasteiger partial charge in [-0.3, -0.25) is 0 Å². The van der Waals surface area contributed by atoms with Crippen LogP contribution in [0.3, 0.4) is 0 Å². The zero-order valence-electron chi connectivity index (χ0n) is 5.96. The summed E-state index contributed by atoms with van der Waals surface area (Å²) in [4.78, 5) is 0. The average molecular weight is 136 g/mol. The van der Waals surface area contributed by atoms with Crippen LogP contribution >= 0.6 is 0 Å². The zero-order chi connectivity index (χ0) is 6.97. The van der Waals surface area contributed by atoms with Gasteiger partial charge in [0.2, 0.25) is 0 Å². The summed E-state index contributed by atoms with van der Waals surface area (Å²) in [5.74, 6) is 1.47. The van der Waals surface area contributed by atoms with Crippen LogP contribution in [-0.2, 0) is 0 Å². The molecule has 1 saturated carbocycles. The molecule has 0 aliphatic heterocycles. The third-order valence-electron chi connectivity index (χ3n) is 2.50. The van der Waals surface area contributed by atoms with Gasteiger partial charge in [-0.05, 0) is 24.7 Å². The van der Waals surface area contributed by atoms with E-state index in [1.54, 1.807) is 0 Å². The lowest BCUT2D eigenvalue weighted by Crippen LogP contribution is -1.93. The lowest BCUT2D eigenvalue weighted by molar-refractivity contribution is 0.341. The SMILES string of the molecule is OCC=C1CC2C=CC1C2. The highest BCUT2D eigenvalue weighted by Gasteiger charge is 2.29. The van der Waals surface area contributed by atoms with Crippen LogP contribution in [0.1, 0.15) is 12.8 Å². The summed E-state index contributed by atoms with van der Waals surface area (Å²) in [5, 5.41) is 8.65. The molecule has 1 fully saturated rings. The Labute approximate surface area is 61.1 Å². The zero-order valence-corrected chi connectivity index (χ0v) is 5.96. The first-order chi connectivity index (χ1) is 4.90. The number of allylic oxidation sites excluding steroid dienone is 3. The largest absolute Gasteiger partial charge is 0.392 e. The Kier molecular flexibility index (Phi) is 1.38. The maximum Gasteiger partial charge on any atom is 0.0615 e. The van der Waals surface area contributed by atoms with Crippen LogP contribution in [0.2, 0.25) is 0 Å². The highest BCUT2D eigenvalue weighted by Crippen LogP contribution is 2.42.